The van der Waals surface area contributed by atoms with Crippen LogP contribution in [0.15, 0.2) is 30.3 Å². The van der Waals surface area contributed by atoms with Gasteiger partial charge in [-0.1, -0.05) is 50.1 Å². The van der Waals surface area contributed by atoms with Gasteiger partial charge < -0.3 is 5.11 Å². The van der Waals surface area contributed by atoms with Gasteiger partial charge >= 0.3 is 0 Å². The summed E-state index contributed by atoms with van der Waals surface area (Å²) in [5.74, 6) is 1.80. The third kappa shape index (κ3) is 4.05. The van der Waals surface area contributed by atoms with Gasteiger partial charge in [-0.25, -0.2) is 0 Å². The molecule has 0 aromatic heterocycles. The van der Waals surface area contributed by atoms with Gasteiger partial charge in [0.2, 0.25) is 0 Å². The van der Waals surface area contributed by atoms with Crippen molar-refractivity contribution in [3.63, 3.8) is 0 Å². The zero-order chi connectivity index (χ0) is 11.8. The van der Waals surface area contributed by atoms with Gasteiger partial charge in [0, 0.05) is 0 Å². The van der Waals surface area contributed by atoms with Crippen molar-refractivity contribution in [2.24, 2.45) is 5.92 Å². The summed E-state index contributed by atoms with van der Waals surface area (Å²) in [4.78, 5) is 8.36. The quantitative estimate of drug-likeness (QED) is 0.733. The molecular weight excluding hydrogens is 200 g/mol. The van der Waals surface area contributed by atoms with Crippen LogP contribution in [0.1, 0.15) is 44.1 Å². The van der Waals surface area contributed by atoms with E-state index in [0.29, 0.717) is 0 Å². The molecule has 16 heavy (non-hydrogen) atoms. The van der Waals surface area contributed by atoms with Crippen LogP contribution in [-0.2, 0) is 4.79 Å². The molecule has 0 bridgehead atoms. The van der Waals surface area contributed by atoms with E-state index in [9.17, 15) is 0 Å². The number of carboxylic acid groups (broad SMARTS) is 1. The van der Waals surface area contributed by atoms with E-state index in [0.717, 1.165) is 11.8 Å². The van der Waals surface area contributed by atoms with Gasteiger partial charge in [0.05, 0.1) is 0 Å². The summed E-state index contributed by atoms with van der Waals surface area (Å²) in [7, 11) is 0. The summed E-state index contributed by atoms with van der Waals surface area (Å²) in [5, 5.41) is 6.89. The molecule has 1 aromatic carbocycles. The van der Waals surface area contributed by atoms with E-state index >= 15 is 0 Å². The van der Waals surface area contributed by atoms with Crippen LogP contribution < -0.4 is 0 Å². The molecular formula is C14H20O2. The Balaban J connectivity index is 0.000000386. The van der Waals surface area contributed by atoms with Gasteiger partial charge in [0.1, 0.15) is 0 Å². The molecule has 1 aliphatic carbocycles. The Hall–Kier alpha value is -1.31. The molecule has 1 N–H and O–H groups in total. The highest BCUT2D eigenvalue weighted by Crippen LogP contribution is 2.35. The fraction of sp³-hybridized carbons (Fsp3) is 0.500. The lowest BCUT2D eigenvalue weighted by Crippen LogP contribution is -2.10. The zero-order valence-corrected chi connectivity index (χ0v) is 9.80. The van der Waals surface area contributed by atoms with Crippen LogP contribution in [0.5, 0.6) is 0 Å². The molecule has 1 fully saturated rings. The Bertz CT molecular complexity index is 287. The lowest BCUT2D eigenvalue weighted by Gasteiger charge is -2.26. The summed E-state index contributed by atoms with van der Waals surface area (Å²) in [6.07, 6.45) is 5.62. The van der Waals surface area contributed by atoms with Crippen molar-refractivity contribution in [1.82, 2.24) is 0 Å². The number of benzene rings is 1. The molecule has 0 spiro atoms. The van der Waals surface area contributed by atoms with Gasteiger partial charge in [-0.2, -0.15) is 0 Å². The average molecular weight is 220 g/mol. The van der Waals surface area contributed by atoms with Crippen molar-refractivity contribution >= 4 is 6.47 Å². The van der Waals surface area contributed by atoms with Crippen LogP contribution in [0.3, 0.4) is 0 Å². The fourth-order valence-corrected chi connectivity index (χ4v) is 2.32. The third-order valence-corrected chi connectivity index (χ3v) is 3.29. The molecule has 0 radical (unpaired) electrons. The number of hydrogen-bond acceptors (Lipinski definition) is 1. The van der Waals surface area contributed by atoms with E-state index in [-0.39, 0.29) is 6.47 Å². The van der Waals surface area contributed by atoms with Crippen LogP contribution in [0.25, 0.3) is 0 Å². The minimum Gasteiger partial charge on any atom is -0.483 e. The summed E-state index contributed by atoms with van der Waals surface area (Å²) in [6.45, 7) is 2.13. The lowest BCUT2D eigenvalue weighted by molar-refractivity contribution is -0.122. The van der Waals surface area contributed by atoms with Crippen molar-refractivity contribution in [2.75, 3.05) is 0 Å². The van der Waals surface area contributed by atoms with Gasteiger partial charge in [0.25, 0.3) is 6.47 Å². The molecule has 0 saturated heterocycles. The topological polar surface area (TPSA) is 37.3 Å². The smallest absolute Gasteiger partial charge is 0.290 e. The minimum atomic E-state index is -0.250. The Labute approximate surface area is 97.3 Å². The predicted octanol–water partition coefficient (Wildman–Crippen LogP) is 3.68. The number of hydrogen-bond donors (Lipinski definition) is 1. The first-order valence-corrected chi connectivity index (χ1v) is 5.90. The Morgan fingerprint density at radius 1 is 1.12 bits per heavy atom. The molecule has 2 nitrogen and oxygen atoms in total. The molecule has 0 heterocycles. The Morgan fingerprint density at radius 3 is 2.12 bits per heavy atom. The van der Waals surface area contributed by atoms with Crippen LogP contribution >= 0.6 is 0 Å². The minimum absolute atomic E-state index is 0.250. The maximum absolute atomic E-state index is 8.36. The van der Waals surface area contributed by atoms with E-state index < -0.39 is 0 Å². The zero-order valence-electron chi connectivity index (χ0n) is 9.80. The van der Waals surface area contributed by atoms with Crippen LogP contribution in [-0.4, -0.2) is 11.6 Å². The second-order valence-electron chi connectivity index (χ2n) is 4.47. The second-order valence-corrected chi connectivity index (χ2v) is 4.47. The lowest BCUT2D eigenvalue weighted by atomic mass is 9.79. The molecule has 1 aliphatic rings. The monoisotopic (exact) mass is 220 g/mol. The Morgan fingerprint density at radius 2 is 1.62 bits per heavy atom. The molecule has 2 rings (SSSR count). The van der Waals surface area contributed by atoms with Crippen LogP contribution in [0.4, 0.5) is 0 Å². The van der Waals surface area contributed by atoms with E-state index in [1.54, 1.807) is 5.56 Å². The number of carbonyl (C=O) groups is 1. The van der Waals surface area contributed by atoms with E-state index in [1.165, 1.54) is 25.7 Å². The van der Waals surface area contributed by atoms with Crippen LogP contribution in [0, 0.1) is 5.92 Å². The maximum atomic E-state index is 8.36. The first kappa shape index (κ1) is 12.8. The molecule has 0 aliphatic heterocycles. The Kier molecular flexibility index (Phi) is 5.62. The largest absolute Gasteiger partial charge is 0.483 e. The molecule has 0 unspecified atom stereocenters. The predicted molar refractivity (Wildman–Crippen MR) is 65.5 cm³/mol. The van der Waals surface area contributed by atoms with Gasteiger partial charge in [-0.05, 0) is 30.2 Å². The first-order chi connectivity index (χ1) is 7.77. The van der Waals surface area contributed by atoms with E-state index in [1.807, 2.05) is 0 Å². The van der Waals surface area contributed by atoms with Gasteiger partial charge in [-0.15, -0.1) is 0 Å². The van der Waals surface area contributed by atoms with Crippen molar-refractivity contribution in [2.45, 2.75) is 38.5 Å². The highest BCUT2D eigenvalue weighted by molar-refractivity contribution is 5.32. The van der Waals surface area contributed by atoms with Crippen molar-refractivity contribution in [3.05, 3.63) is 35.9 Å². The number of rotatable bonds is 1. The highest BCUT2D eigenvalue weighted by atomic mass is 16.3. The maximum Gasteiger partial charge on any atom is 0.290 e. The third-order valence-electron chi connectivity index (χ3n) is 3.29. The normalized spacial score (nSPS) is 24.1. The summed E-state index contributed by atoms with van der Waals surface area (Å²) in [6, 6.07) is 11.0. The van der Waals surface area contributed by atoms with E-state index in [2.05, 4.69) is 37.3 Å². The van der Waals surface area contributed by atoms with Crippen molar-refractivity contribution < 1.29 is 9.90 Å². The first-order valence-electron chi connectivity index (χ1n) is 5.90. The molecule has 1 saturated carbocycles. The molecule has 2 heteroatoms. The van der Waals surface area contributed by atoms with E-state index in [4.69, 9.17) is 9.90 Å². The fourth-order valence-electron chi connectivity index (χ4n) is 2.32. The van der Waals surface area contributed by atoms with Gasteiger partial charge in [0.15, 0.2) is 0 Å². The molecule has 0 amide bonds. The molecule has 88 valence electrons. The van der Waals surface area contributed by atoms with Crippen LogP contribution in [0.2, 0.25) is 0 Å². The van der Waals surface area contributed by atoms with Crippen molar-refractivity contribution in [1.29, 1.82) is 0 Å². The van der Waals surface area contributed by atoms with Crippen molar-refractivity contribution in [3.8, 4) is 0 Å². The summed E-state index contributed by atoms with van der Waals surface area (Å²) >= 11 is 0. The van der Waals surface area contributed by atoms with Gasteiger partial charge in [-0.3, -0.25) is 4.79 Å². The molecule has 0 atom stereocenters. The second kappa shape index (κ2) is 7.04. The highest BCUT2D eigenvalue weighted by Gasteiger charge is 2.18. The summed E-state index contributed by atoms with van der Waals surface area (Å²) in [5.41, 5.74) is 1.55. The molecule has 1 aromatic rings. The SMILES string of the molecule is CC1CCC(c2ccccc2)CC1.O=CO. The summed E-state index contributed by atoms with van der Waals surface area (Å²) < 4.78 is 0. The average Bonchev–Trinajstić information content (AvgIpc) is 2.32. The standard InChI is InChI=1S/C13H18.CH2O2/c1-11-7-9-13(10-8-11)12-5-3-2-4-6-12;2-1-3/h2-6,11,13H,7-10H2,1H3;1H,(H,2,3).